The molecule has 0 aliphatic rings. The summed E-state index contributed by atoms with van der Waals surface area (Å²) >= 11 is 0. The number of benzene rings is 2. The van der Waals surface area contributed by atoms with Gasteiger partial charge in [-0.15, -0.1) is 0 Å². The van der Waals surface area contributed by atoms with Crippen molar-refractivity contribution in [3.63, 3.8) is 0 Å². The normalized spacial score (nSPS) is 10.1. The third-order valence-corrected chi connectivity index (χ3v) is 4.24. The lowest BCUT2D eigenvalue weighted by Gasteiger charge is -2.22. The zero-order valence-corrected chi connectivity index (χ0v) is 15.2. The molecule has 0 amide bonds. The minimum Gasteiger partial charge on any atom is -0.338 e. The molecule has 0 spiro atoms. The Labute approximate surface area is 161 Å². The van der Waals surface area contributed by atoms with Gasteiger partial charge in [-0.25, -0.2) is 13.8 Å². The van der Waals surface area contributed by atoms with Gasteiger partial charge in [0.25, 0.3) is 0 Å². The van der Waals surface area contributed by atoms with Crippen LogP contribution in [0.4, 0.5) is 31.8 Å². The van der Waals surface area contributed by atoms with Crippen LogP contribution < -0.4 is 10.2 Å². The number of nitrogens with zero attached hydrogens (tertiary/aromatic N) is 4. The Morgan fingerprint density at radius 2 is 1.75 bits per heavy atom. The molecule has 2 aromatic carbocycles. The highest BCUT2D eigenvalue weighted by atomic mass is 19.1. The van der Waals surface area contributed by atoms with Crippen molar-refractivity contribution in [2.24, 2.45) is 0 Å². The van der Waals surface area contributed by atoms with E-state index in [9.17, 15) is 14.0 Å². The molecule has 1 N–H and O–H groups in total. The van der Waals surface area contributed by atoms with Crippen molar-refractivity contribution in [3.8, 4) is 12.1 Å². The molecule has 138 valence electrons. The second-order valence-electron chi connectivity index (χ2n) is 6.04. The van der Waals surface area contributed by atoms with E-state index < -0.39 is 11.6 Å². The lowest BCUT2D eigenvalue weighted by Crippen LogP contribution is -2.17. The Hall–Kier alpha value is -3.97. The predicted octanol–water partition coefficient (Wildman–Crippen LogP) is 4.92. The number of halogens is 2. The van der Waals surface area contributed by atoms with Crippen LogP contribution in [0, 0.1) is 41.2 Å². The molecule has 1 aromatic heterocycles. The fourth-order valence-electron chi connectivity index (χ4n) is 2.73. The van der Waals surface area contributed by atoms with E-state index in [2.05, 4.69) is 10.3 Å². The monoisotopic (exact) mass is 375 g/mol. The van der Waals surface area contributed by atoms with Crippen molar-refractivity contribution in [3.05, 3.63) is 76.9 Å². The second-order valence-corrected chi connectivity index (χ2v) is 6.04. The highest BCUT2D eigenvalue weighted by molar-refractivity contribution is 5.70. The first-order valence-corrected chi connectivity index (χ1v) is 8.32. The molecule has 0 bridgehead atoms. The van der Waals surface area contributed by atoms with Gasteiger partial charge in [0, 0.05) is 18.3 Å². The average Bonchev–Trinajstić information content (AvgIpc) is 2.73. The van der Waals surface area contributed by atoms with Crippen LogP contribution in [0.3, 0.4) is 0 Å². The quantitative estimate of drug-likeness (QED) is 0.700. The van der Waals surface area contributed by atoms with Gasteiger partial charge in [-0.2, -0.15) is 10.5 Å². The van der Waals surface area contributed by atoms with Crippen molar-refractivity contribution < 1.29 is 8.78 Å². The number of nitriles is 2. The summed E-state index contributed by atoms with van der Waals surface area (Å²) in [6, 6.07) is 17.2. The lowest BCUT2D eigenvalue weighted by molar-refractivity contribution is 0.562. The molecule has 3 rings (SSSR count). The minimum absolute atomic E-state index is 0.125. The van der Waals surface area contributed by atoms with Crippen LogP contribution in [-0.2, 0) is 0 Å². The summed E-state index contributed by atoms with van der Waals surface area (Å²) in [5.41, 5.74) is 1.42. The summed E-state index contributed by atoms with van der Waals surface area (Å²) in [6.07, 6.45) is 0. The van der Waals surface area contributed by atoms with Gasteiger partial charge in [0.15, 0.2) is 23.3 Å². The number of para-hydroxylation sites is 1. The molecular weight excluding hydrogens is 360 g/mol. The van der Waals surface area contributed by atoms with Crippen molar-refractivity contribution >= 4 is 23.0 Å². The second kappa shape index (κ2) is 7.73. The van der Waals surface area contributed by atoms with E-state index in [0.717, 1.165) is 0 Å². The van der Waals surface area contributed by atoms with E-state index in [1.807, 2.05) is 12.1 Å². The minimum atomic E-state index is -0.828. The average molecular weight is 375 g/mol. The molecule has 1 heterocycles. The number of hydrogen-bond donors (Lipinski definition) is 1. The van der Waals surface area contributed by atoms with E-state index in [0.29, 0.717) is 22.5 Å². The van der Waals surface area contributed by atoms with E-state index in [1.165, 1.54) is 17.9 Å². The predicted molar refractivity (Wildman–Crippen MR) is 103 cm³/mol. The van der Waals surface area contributed by atoms with Gasteiger partial charge in [0.2, 0.25) is 0 Å². The number of nitrogens with one attached hydrogen (secondary N) is 1. The number of aromatic nitrogens is 1. The molecular formula is C21H15F2N5. The van der Waals surface area contributed by atoms with Crippen LogP contribution in [0.5, 0.6) is 0 Å². The third-order valence-electron chi connectivity index (χ3n) is 4.24. The number of pyridine rings is 1. The summed E-state index contributed by atoms with van der Waals surface area (Å²) in [5, 5.41) is 21.1. The first-order chi connectivity index (χ1) is 13.5. The van der Waals surface area contributed by atoms with E-state index in [-0.39, 0.29) is 17.2 Å². The molecule has 28 heavy (non-hydrogen) atoms. The maximum atomic E-state index is 14.8. The first-order valence-electron chi connectivity index (χ1n) is 8.32. The summed E-state index contributed by atoms with van der Waals surface area (Å²) in [4.78, 5) is 5.51. The molecule has 0 saturated carbocycles. The fourth-order valence-corrected chi connectivity index (χ4v) is 2.73. The SMILES string of the molecule is Cc1c(F)c(Nc2cccc(C#N)c2)nc(N(C)c2ccccc2C#N)c1F. The van der Waals surface area contributed by atoms with Gasteiger partial charge in [-0.05, 0) is 37.3 Å². The van der Waals surface area contributed by atoms with Crippen LogP contribution in [0.2, 0.25) is 0 Å². The molecule has 7 heteroatoms. The van der Waals surface area contributed by atoms with Crippen LogP contribution in [0.15, 0.2) is 48.5 Å². The van der Waals surface area contributed by atoms with Crippen LogP contribution in [-0.4, -0.2) is 12.0 Å². The van der Waals surface area contributed by atoms with Crippen molar-refractivity contribution in [2.45, 2.75) is 6.92 Å². The van der Waals surface area contributed by atoms with E-state index >= 15 is 0 Å². The standard InChI is InChI=1S/C21H15F2N5/c1-13-18(22)20(26-16-8-5-6-14(10-16)11-24)27-21(19(13)23)28(2)17-9-4-3-7-15(17)12-25/h3-10H,1-2H3,(H,26,27). The maximum Gasteiger partial charge on any atom is 0.172 e. The molecule has 0 aliphatic heterocycles. The molecule has 0 aliphatic carbocycles. The molecule has 5 nitrogen and oxygen atoms in total. The van der Waals surface area contributed by atoms with E-state index in [4.69, 9.17) is 5.26 Å². The molecule has 0 fully saturated rings. The van der Waals surface area contributed by atoms with Crippen molar-refractivity contribution in [1.29, 1.82) is 10.5 Å². The summed E-state index contributed by atoms with van der Waals surface area (Å²) in [6.45, 7) is 1.32. The zero-order valence-electron chi connectivity index (χ0n) is 15.2. The van der Waals surface area contributed by atoms with Gasteiger partial charge in [-0.1, -0.05) is 18.2 Å². The van der Waals surface area contributed by atoms with Crippen LogP contribution >= 0.6 is 0 Å². The van der Waals surface area contributed by atoms with Gasteiger partial charge in [0.05, 0.1) is 22.9 Å². The smallest absolute Gasteiger partial charge is 0.172 e. The highest BCUT2D eigenvalue weighted by Crippen LogP contribution is 2.32. The fraction of sp³-hybridized carbons (Fsp3) is 0.0952. The Morgan fingerprint density at radius 3 is 2.46 bits per heavy atom. The van der Waals surface area contributed by atoms with Crippen molar-refractivity contribution in [2.75, 3.05) is 17.3 Å². The Kier molecular flexibility index (Phi) is 5.19. The van der Waals surface area contributed by atoms with Crippen LogP contribution in [0.1, 0.15) is 16.7 Å². The molecule has 3 aromatic rings. The summed E-state index contributed by atoms with van der Waals surface area (Å²) in [5.74, 6) is -1.94. The van der Waals surface area contributed by atoms with Crippen molar-refractivity contribution in [1.82, 2.24) is 4.98 Å². The molecule has 0 atom stereocenters. The molecule has 0 saturated heterocycles. The van der Waals surface area contributed by atoms with E-state index in [1.54, 1.807) is 49.5 Å². The topological polar surface area (TPSA) is 75.7 Å². The maximum absolute atomic E-state index is 14.8. The molecule has 0 radical (unpaired) electrons. The molecule has 0 unspecified atom stereocenters. The largest absolute Gasteiger partial charge is 0.338 e. The number of anilines is 4. The highest BCUT2D eigenvalue weighted by Gasteiger charge is 2.22. The van der Waals surface area contributed by atoms with Gasteiger partial charge in [0.1, 0.15) is 6.07 Å². The Balaban J connectivity index is 2.08. The Morgan fingerprint density at radius 1 is 1.00 bits per heavy atom. The summed E-state index contributed by atoms with van der Waals surface area (Å²) < 4.78 is 29.4. The van der Waals surface area contributed by atoms with Gasteiger partial charge in [-0.3, -0.25) is 0 Å². The number of hydrogen-bond acceptors (Lipinski definition) is 5. The summed E-state index contributed by atoms with van der Waals surface area (Å²) in [7, 11) is 1.55. The lowest BCUT2D eigenvalue weighted by atomic mass is 10.1. The Bertz CT molecular complexity index is 1130. The third kappa shape index (κ3) is 3.46. The van der Waals surface area contributed by atoms with Crippen LogP contribution in [0.25, 0.3) is 0 Å². The van der Waals surface area contributed by atoms with Gasteiger partial charge >= 0.3 is 0 Å². The van der Waals surface area contributed by atoms with Gasteiger partial charge < -0.3 is 10.2 Å². The first kappa shape index (κ1) is 18.8. The zero-order chi connectivity index (χ0) is 20.3. The number of rotatable bonds is 4.